The van der Waals surface area contributed by atoms with Crippen LogP contribution in [0.1, 0.15) is 44.0 Å². The van der Waals surface area contributed by atoms with Gasteiger partial charge in [0.2, 0.25) is 0 Å². The fraction of sp³-hybridized carbons (Fsp3) is 0.500. The molecule has 1 aromatic carbocycles. The molecule has 0 aliphatic heterocycles. The van der Waals surface area contributed by atoms with Crippen LogP contribution < -0.4 is 9.47 Å². The zero-order valence-corrected chi connectivity index (χ0v) is 12.3. The minimum absolute atomic E-state index is 0.154. The third-order valence-electron chi connectivity index (χ3n) is 2.88. The Bertz CT molecular complexity index is 491. The summed E-state index contributed by atoms with van der Waals surface area (Å²) in [6.45, 7) is 6.75. The molecular weight excluding hydrogens is 254 g/mol. The van der Waals surface area contributed by atoms with E-state index in [1.165, 1.54) is 0 Å². The van der Waals surface area contributed by atoms with Gasteiger partial charge in [-0.25, -0.2) is 0 Å². The highest BCUT2D eigenvalue weighted by atomic mass is 16.5. The van der Waals surface area contributed by atoms with Crippen LogP contribution in [0.2, 0.25) is 0 Å². The number of Topliss-reactive ketones (excluding diaryl/α,β-unsaturated/α-hetero) is 1. The van der Waals surface area contributed by atoms with Gasteiger partial charge in [-0.3, -0.25) is 4.79 Å². The Kier molecular flexibility index (Phi) is 6.58. The maximum absolute atomic E-state index is 12.3. The maximum Gasteiger partial charge on any atom is 0.180 e. The first-order valence-electron chi connectivity index (χ1n) is 7.01. The van der Waals surface area contributed by atoms with Crippen molar-refractivity contribution < 1.29 is 14.3 Å². The van der Waals surface area contributed by atoms with Gasteiger partial charge in [0.1, 0.15) is 5.92 Å². The van der Waals surface area contributed by atoms with Crippen LogP contribution in [0, 0.1) is 17.2 Å². The van der Waals surface area contributed by atoms with Gasteiger partial charge >= 0.3 is 0 Å². The molecule has 20 heavy (non-hydrogen) atoms. The number of rotatable bonds is 8. The van der Waals surface area contributed by atoms with E-state index in [0.29, 0.717) is 36.7 Å². The van der Waals surface area contributed by atoms with Gasteiger partial charge in [-0.1, -0.05) is 13.3 Å². The van der Waals surface area contributed by atoms with Crippen LogP contribution in [-0.4, -0.2) is 19.0 Å². The summed E-state index contributed by atoms with van der Waals surface area (Å²) >= 11 is 0. The lowest BCUT2D eigenvalue weighted by Crippen LogP contribution is -2.13. The molecule has 0 amide bonds. The van der Waals surface area contributed by atoms with Crippen molar-refractivity contribution in [1.29, 1.82) is 5.26 Å². The number of ketones is 1. The first-order valence-corrected chi connectivity index (χ1v) is 7.01. The largest absolute Gasteiger partial charge is 0.490 e. The zero-order chi connectivity index (χ0) is 15.0. The minimum Gasteiger partial charge on any atom is -0.490 e. The summed E-state index contributed by atoms with van der Waals surface area (Å²) in [6.07, 6.45) is 1.38. The number of carbonyl (C=O) groups excluding carboxylic acids is 1. The molecule has 0 aliphatic rings. The average Bonchev–Trinajstić information content (AvgIpc) is 2.46. The summed E-state index contributed by atoms with van der Waals surface area (Å²) < 4.78 is 11.0. The Morgan fingerprint density at radius 2 is 1.85 bits per heavy atom. The summed E-state index contributed by atoms with van der Waals surface area (Å²) in [6, 6.07) is 7.15. The van der Waals surface area contributed by atoms with E-state index in [9.17, 15) is 4.79 Å². The van der Waals surface area contributed by atoms with Crippen molar-refractivity contribution >= 4 is 5.78 Å². The molecule has 1 atom stereocenters. The fourth-order valence-electron chi connectivity index (χ4n) is 1.95. The SMILES string of the molecule is CCCC(C#N)C(=O)c1ccc(OCC)c(OCC)c1. The molecular formula is C16H21NO3. The average molecular weight is 275 g/mol. The van der Waals surface area contributed by atoms with E-state index >= 15 is 0 Å². The van der Waals surface area contributed by atoms with Gasteiger partial charge in [-0.05, 0) is 38.5 Å². The first-order chi connectivity index (χ1) is 9.67. The van der Waals surface area contributed by atoms with Crippen LogP contribution in [-0.2, 0) is 0 Å². The Labute approximate surface area is 120 Å². The van der Waals surface area contributed by atoms with Gasteiger partial charge in [0.15, 0.2) is 17.3 Å². The smallest absolute Gasteiger partial charge is 0.180 e. The van der Waals surface area contributed by atoms with Crippen LogP contribution >= 0.6 is 0 Å². The van der Waals surface area contributed by atoms with Crippen molar-refractivity contribution in [3.63, 3.8) is 0 Å². The van der Waals surface area contributed by atoms with Crippen LogP contribution in [0.15, 0.2) is 18.2 Å². The molecule has 0 bridgehead atoms. The third kappa shape index (κ3) is 3.99. The number of ether oxygens (including phenoxy) is 2. The fourth-order valence-corrected chi connectivity index (χ4v) is 1.95. The molecule has 0 spiro atoms. The van der Waals surface area contributed by atoms with Gasteiger partial charge < -0.3 is 9.47 Å². The Hall–Kier alpha value is -2.02. The molecule has 0 radical (unpaired) electrons. The summed E-state index contributed by atoms with van der Waals surface area (Å²) in [5.74, 6) is 0.425. The molecule has 0 saturated heterocycles. The van der Waals surface area contributed by atoms with Crippen molar-refractivity contribution in [2.45, 2.75) is 33.6 Å². The van der Waals surface area contributed by atoms with E-state index in [1.807, 2.05) is 20.8 Å². The highest BCUT2D eigenvalue weighted by molar-refractivity contribution is 5.99. The van der Waals surface area contributed by atoms with E-state index in [-0.39, 0.29) is 5.78 Å². The van der Waals surface area contributed by atoms with Gasteiger partial charge in [0, 0.05) is 5.56 Å². The zero-order valence-electron chi connectivity index (χ0n) is 12.3. The summed E-state index contributed by atoms with van der Waals surface area (Å²) in [7, 11) is 0. The van der Waals surface area contributed by atoms with Crippen molar-refractivity contribution in [1.82, 2.24) is 0 Å². The molecule has 0 saturated carbocycles. The second-order valence-corrected chi connectivity index (χ2v) is 4.36. The van der Waals surface area contributed by atoms with Crippen molar-refractivity contribution in [2.24, 2.45) is 5.92 Å². The molecule has 0 aromatic heterocycles. The predicted molar refractivity (Wildman–Crippen MR) is 77.1 cm³/mol. The second-order valence-electron chi connectivity index (χ2n) is 4.36. The quantitative estimate of drug-likeness (QED) is 0.680. The Morgan fingerprint density at radius 1 is 1.20 bits per heavy atom. The van der Waals surface area contributed by atoms with Crippen molar-refractivity contribution in [3.8, 4) is 17.6 Å². The summed E-state index contributed by atoms with van der Waals surface area (Å²) in [4.78, 5) is 12.3. The number of benzene rings is 1. The number of hydrogen-bond donors (Lipinski definition) is 0. The lowest BCUT2D eigenvalue weighted by Gasteiger charge is -2.13. The molecule has 1 rings (SSSR count). The molecule has 1 aromatic rings. The van der Waals surface area contributed by atoms with Crippen molar-refractivity contribution in [2.75, 3.05) is 13.2 Å². The molecule has 1 unspecified atom stereocenters. The van der Waals surface area contributed by atoms with Crippen LogP contribution in [0.25, 0.3) is 0 Å². The summed E-state index contributed by atoms with van der Waals surface area (Å²) in [5, 5.41) is 9.07. The highest BCUT2D eigenvalue weighted by Crippen LogP contribution is 2.29. The van der Waals surface area contributed by atoms with Crippen LogP contribution in [0.5, 0.6) is 11.5 Å². The second kappa shape index (κ2) is 8.21. The summed E-state index contributed by atoms with van der Waals surface area (Å²) in [5.41, 5.74) is 0.497. The van der Waals surface area contributed by atoms with Crippen molar-refractivity contribution in [3.05, 3.63) is 23.8 Å². The topological polar surface area (TPSA) is 59.3 Å². The normalized spacial score (nSPS) is 11.5. The number of hydrogen-bond acceptors (Lipinski definition) is 4. The van der Waals surface area contributed by atoms with Crippen LogP contribution in [0.3, 0.4) is 0 Å². The van der Waals surface area contributed by atoms with Crippen LogP contribution in [0.4, 0.5) is 0 Å². The Morgan fingerprint density at radius 3 is 2.40 bits per heavy atom. The Balaban J connectivity index is 3.04. The van der Waals surface area contributed by atoms with Gasteiger partial charge in [-0.2, -0.15) is 5.26 Å². The molecule has 4 nitrogen and oxygen atoms in total. The lowest BCUT2D eigenvalue weighted by atomic mass is 9.94. The molecule has 0 N–H and O–H groups in total. The van der Waals surface area contributed by atoms with E-state index in [2.05, 4.69) is 6.07 Å². The van der Waals surface area contributed by atoms with Gasteiger partial charge in [0.25, 0.3) is 0 Å². The highest BCUT2D eigenvalue weighted by Gasteiger charge is 2.20. The first kappa shape index (κ1) is 16.0. The maximum atomic E-state index is 12.3. The van der Waals surface area contributed by atoms with E-state index in [0.717, 1.165) is 6.42 Å². The van der Waals surface area contributed by atoms with E-state index < -0.39 is 5.92 Å². The molecule has 0 fully saturated rings. The van der Waals surface area contributed by atoms with Gasteiger partial charge in [-0.15, -0.1) is 0 Å². The molecule has 0 aliphatic carbocycles. The van der Waals surface area contributed by atoms with Gasteiger partial charge in [0.05, 0.1) is 19.3 Å². The standard InChI is InChI=1S/C16H21NO3/c1-4-7-13(11-17)16(18)12-8-9-14(19-5-2)15(10-12)20-6-3/h8-10,13H,4-7H2,1-3H3. The minimum atomic E-state index is -0.590. The molecule has 4 heteroatoms. The number of nitrogens with zero attached hydrogens (tertiary/aromatic N) is 1. The monoisotopic (exact) mass is 275 g/mol. The van der Waals surface area contributed by atoms with E-state index in [4.69, 9.17) is 14.7 Å². The lowest BCUT2D eigenvalue weighted by molar-refractivity contribution is 0.0943. The predicted octanol–water partition coefficient (Wildman–Crippen LogP) is 3.61. The van der Waals surface area contributed by atoms with E-state index in [1.54, 1.807) is 18.2 Å². The molecule has 0 heterocycles. The third-order valence-corrected chi connectivity index (χ3v) is 2.88. The molecule has 108 valence electrons. The number of carbonyl (C=O) groups is 1. The number of nitriles is 1.